The Morgan fingerprint density at radius 1 is 0.424 bits per heavy atom. The molecule has 0 saturated heterocycles. The Bertz CT molecular complexity index is 1840. The van der Waals surface area contributed by atoms with Crippen LogP contribution in [-0.2, 0) is 66.3 Å². The van der Waals surface area contributed by atoms with Gasteiger partial charge in [-0.3, -0.25) is 0 Å². The number of rotatable bonds is 24. The summed E-state index contributed by atoms with van der Waals surface area (Å²) in [5.41, 5.74) is 31.7. The van der Waals surface area contributed by atoms with Gasteiger partial charge in [-0.1, -0.05) is 107 Å². The van der Waals surface area contributed by atoms with E-state index in [0.29, 0.717) is 0 Å². The van der Waals surface area contributed by atoms with E-state index in [-0.39, 0.29) is 0 Å². The third kappa shape index (κ3) is 13.8. The van der Waals surface area contributed by atoms with Crippen LogP contribution in [0.5, 0.6) is 0 Å². The van der Waals surface area contributed by atoms with E-state index >= 15 is 0 Å². The summed E-state index contributed by atoms with van der Waals surface area (Å²) in [4.78, 5) is 2.45. The Morgan fingerprint density at radius 2 is 0.847 bits per heavy atom. The van der Waals surface area contributed by atoms with Gasteiger partial charge >= 0.3 is 99.6 Å². The van der Waals surface area contributed by atoms with Gasteiger partial charge in [0, 0.05) is 22.3 Å². The number of allylic oxidation sites excluding steroid dienone is 2. The SMILES string of the molecule is CCCCCCC1=C(c2cc(CC)c(CC)c(CC)c2)[N+](=[N-])C(c2cc(CCC)c(CCC)c(CCC)c2)=C1CCCCC.c1ccc([CH2][Pd][CH2]c2ccccc2)cc1. The maximum atomic E-state index is 12.4. The molecule has 5 rings (SSSR count). The van der Waals surface area contributed by atoms with Crippen molar-refractivity contribution in [3.8, 4) is 0 Å². The van der Waals surface area contributed by atoms with Gasteiger partial charge in [0.05, 0.1) is 0 Å². The Morgan fingerprint density at radius 3 is 1.25 bits per heavy atom. The fraction of sp³-hybridized carbons (Fsp3) is 0.500. The maximum absolute atomic E-state index is 12.4. The Kier molecular flexibility index (Phi) is 21.9. The predicted octanol–water partition coefficient (Wildman–Crippen LogP) is 16.4. The molecule has 0 saturated carbocycles. The molecule has 1 heterocycles. The molecule has 0 aromatic heterocycles. The second-order valence-corrected chi connectivity index (χ2v) is 18.3. The monoisotopic (exact) mass is 885 g/mol. The predicted molar refractivity (Wildman–Crippen MR) is 254 cm³/mol. The van der Waals surface area contributed by atoms with Crippen LogP contribution >= 0.6 is 0 Å². The van der Waals surface area contributed by atoms with E-state index in [2.05, 4.69) is 140 Å². The van der Waals surface area contributed by atoms with Crippen molar-refractivity contribution in [1.29, 1.82) is 0 Å². The van der Waals surface area contributed by atoms with Gasteiger partial charge in [-0.05, 0) is 122 Å². The molecule has 1 aliphatic rings. The first-order valence-corrected chi connectivity index (χ1v) is 25.9. The van der Waals surface area contributed by atoms with Crippen molar-refractivity contribution in [3.63, 3.8) is 0 Å². The molecule has 59 heavy (non-hydrogen) atoms. The minimum absolute atomic E-state index is 0.793. The van der Waals surface area contributed by atoms with Crippen LogP contribution in [0, 0.1) is 0 Å². The average Bonchev–Trinajstić information content (AvgIpc) is 3.54. The standard InChI is InChI=1S/C42H64N2.2C7H7.Pd/c1-9-17-19-21-26-40-39(25-20-18-10-2)42(36-29-33(22-11-3)38(24-13-5)34(30-36)23-12-4)44(43)41(40)35-27-31(14-6)37(16-8)32(15-7)28-35;2*1-7-5-3-2-4-6-7;/h27-30H,9-26H2,1-8H3;2*2-6H,1H2;. The van der Waals surface area contributed by atoms with Crippen LogP contribution in [0.3, 0.4) is 0 Å². The second-order valence-electron chi connectivity index (χ2n) is 16.4. The van der Waals surface area contributed by atoms with E-state index < -0.39 is 0 Å². The summed E-state index contributed by atoms with van der Waals surface area (Å²) in [6, 6.07) is 31.2. The summed E-state index contributed by atoms with van der Waals surface area (Å²) in [5.74, 6) is 0. The molecule has 2 nitrogen and oxygen atoms in total. The van der Waals surface area contributed by atoms with Crippen molar-refractivity contribution in [2.45, 2.75) is 181 Å². The molecule has 0 spiro atoms. The van der Waals surface area contributed by atoms with Gasteiger partial charge in [-0.15, -0.1) is 0 Å². The van der Waals surface area contributed by atoms with Crippen LogP contribution in [0.2, 0.25) is 0 Å². The first-order valence-electron chi connectivity index (χ1n) is 23.7. The molecule has 0 N–H and O–H groups in total. The zero-order valence-electron chi connectivity index (χ0n) is 38.4. The molecular formula is C56H78N2Pd. The molecule has 0 fully saturated rings. The Hall–Kier alpha value is -3.38. The number of unbranched alkanes of at least 4 members (excludes halogenated alkanes) is 5. The van der Waals surface area contributed by atoms with E-state index in [1.54, 1.807) is 10.3 Å². The van der Waals surface area contributed by atoms with E-state index in [9.17, 15) is 5.53 Å². The number of hydrogen-bond acceptors (Lipinski definition) is 0. The molecule has 4 aromatic carbocycles. The van der Waals surface area contributed by atoms with Crippen molar-refractivity contribution in [2.24, 2.45) is 0 Å². The molecular weight excluding hydrogens is 807 g/mol. The number of nitrogens with zero attached hydrogens (tertiary/aromatic N) is 2. The molecule has 0 bridgehead atoms. The fourth-order valence-corrected chi connectivity index (χ4v) is 10.7. The van der Waals surface area contributed by atoms with Gasteiger partial charge in [0.2, 0.25) is 11.4 Å². The van der Waals surface area contributed by atoms with E-state index in [1.165, 1.54) is 122 Å². The normalized spacial score (nSPS) is 12.8. The van der Waals surface area contributed by atoms with Crippen molar-refractivity contribution in [2.75, 3.05) is 0 Å². The molecule has 322 valence electrons. The quantitative estimate of drug-likeness (QED) is 0.0381. The first kappa shape index (κ1) is 48.3. The zero-order chi connectivity index (χ0) is 42.4. The van der Waals surface area contributed by atoms with Gasteiger partial charge in [0.1, 0.15) is 0 Å². The van der Waals surface area contributed by atoms with Gasteiger partial charge in [-0.2, -0.15) is 0 Å². The van der Waals surface area contributed by atoms with Crippen molar-refractivity contribution in [1.82, 2.24) is 0 Å². The van der Waals surface area contributed by atoms with E-state index in [1.807, 2.05) is 0 Å². The summed E-state index contributed by atoms with van der Waals surface area (Å²) in [5, 5.41) is 0. The van der Waals surface area contributed by atoms with Gasteiger partial charge in [0.15, 0.2) is 0 Å². The van der Waals surface area contributed by atoms with Crippen LogP contribution < -0.4 is 0 Å². The van der Waals surface area contributed by atoms with Gasteiger partial charge < -0.3 is 5.53 Å². The molecule has 0 atom stereocenters. The number of aryl methyl sites for hydroxylation is 4. The van der Waals surface area contributed by atoms with Crippen LogP contribution in [0.25, 0.3) is 16.9 Å². The molecule has 4 aromatic rings. The third-order valence-corrected chi connectivity index (χ3v) is 13.9. The minimum atomic E-state index is 0.793. The molecule has 0 unspecified atom stereocenters. The average molecular weight is 886 g/mol. The Labute approximate surface area is 370 Å². The molecule has 3 heteroatoms. The molecule has 0 amide bonds. The summed E-state index contributed by atoms with van der Waals surface area (Å²) in [6.45, 7) is 18.4. The summed E-state index contributed by atoms with van der Waals surface area (Å²) in [6.07, 6.45) is 20.5. The molecule has 1 aliphatic heterocycles. The number of hydrogen-bond donors (Lipinski definition) is 0. The zero-order valence-corrected chi connectivity index (χ0v) is 40.0. The topological polar surface area (TPSA) is 25.3 Å². The molecule has 0 radical (unpaired) electrons. The van der Waals surface area contributed by atoms with Crippen molar-refractivity contribution >= 4 is 11.4 Å². The summed E-state index contributed by atoms with van der Waals surface area (Å²) >= 11 is 0.793. The van der Waals surface area contributed by atoms with Crippen LogP contribution in [-0.4, -0.2) is 4.70 Å². The fourth-order valence-electron chi connectivity index (χ4n) is 8.90. The van der Waals surface area contributed by atoms with Crippen LogP contribution in [0.4, 0.5) is 0 Å². The van der Waals surface area contributed by atoms with Crippen LogP contribution in [0.15, 0.2) is 96.1 Å². The van der Waals surface area contributed by atoms with E-state index in [4.69, 9.17) is 0 Å². The number of benzene rings is 4. The molecule has 0 aliphatic carbocycles. The first-order chi connectivity index (χ1) is 28.9. The second kappa shape index (κ2) is 26.8. The summed E-state index contributed by atoms with van der Waals surface area (Å²) < 4.78 is 1.65. The summed E-state index contributed by atoms with van der Waals surface area (Å²) in [7, 11) is 0. The third-order valence-electron chi connectivity index (χ3n) is 11.8. The van der Waals surface area contributed by atoms with Crippen LogP contribution in [0.1, 0.15) is 188 Å². The van der Waals surface area contributed by atoms with Crippen molar-refractivity contribution < 1.29 is 22.7 Å². The van der Waals surface area contributed by atoms with Gasteiger partial charge in [0.25, 0.3) is 0 Å². The van der Waals surface area contributed by atoms with Crippen molar-refractivity contribution in [3.05, 3.63) is 157 Å². The van der Waals surface area contributed by atoms with E-state index in [0.717, 1.165) is 93.6 Å². The van der Waals surface area contributed by atoms with Gasteiger partial charge in [-0.25, -0.2) is 4.70 Å². The Balaban J connectivity index is 0.000000425.